The molecule has 0 saturated heterocycles. The number of ether oxygens (including phenoxy) is 1. The Morgan fingerprint density at radius 3 is 2.04 bits per heavy atom. The maximum atomic E-state index is 13.9. The van der Waals surface area contributed by atoms with E-state index in [9.17, 15) is 27.9 Å². The molecule has 0 spiro atoms. The molecule has 0 aliphatic heterocycles. The van der Waals surface area contributed by atoms with Gasteiger partial charge in [-0.1, -0.05) is 0 Å². The Morgan fingerprint density at radius 1 is 1.13 bits per heavy atom. The Hall–Kier alpha value is -2.09. The largest absolute Gasteiger partial charge is 0.480 e. The van der Waals surface area contributed by atoms with Crippen LogP contribution in [0, 0.1) is 23.4 Å². The number of rotatable bonds is 4. The Morgan fingerprint density at radius 2 is 1.61 bits per heavy atom. The molecule has 0 saturated carbocycles. The minimum atomic E-state index is -2.62. The molecule has 0 aromatic heterocycles. The van der Waals surface area contributed by atoms with E-state index in [0.717, 1.165) is 6.92 Å². The number of nitrogens with two attached hydrogens (primary N) is 1. The van der Waals surface area contributed by atoms with Gasteiger partial charge >= 0.3 is 11.9 Å². The van der Waals surface area contributed by atoms with E-state index in [0.29, 0.717) is 6.07 Å². The lowest BCUT2D eigenvalue weighted by molar-refractivity contribution is -0.167. The van der Waals surface area contributed by atoms with Crippen LogP contribution in [0.2, 0.25) is 0 Å². The van der Waals surface area contributed by atoms with Crippen molar-refractivity contribution in [3.63, 3.8) is 0 Å². The second-order valence-corrected chi connectivity index (χ2v) is 6.18. The molecule has 0 heterocycles. The molecule has 8 heteroatoms. The topological polar surface area (TPSA) is 89.6 Å². The highest BCUT2D eigenvalue weighted by Crippen LogP contribution is 2.32. The molecule has 3 N–H and O–H groups in total. The van der Waals surface area contributed by atoms with Crippen LogP contribution in [0.15, 0.2) is 12.1 Å². The normalized spacial score (nSPS) is 15.7. The standard InChI is InChI=1S/C15H18F3NO4/c1-7(12(20)23-14(2,3)4)15(19,13(21)22)8-5-10(17)11(18)6-9(8)16/h5-7H,19H2,1-4H3,(H,21,22)/t7?,15-/m1/s1. The van der Waals surface area contributed by atoms with Crippen molar-refractivity contribution >= 4 is 11.9 Å². The molecule has 2 atom stereocenters. The van der Waals surface area contributed by atoms with Crippen molar-refractivity contribution in [2.45, 2.75) is 38.8 Å². The summed E-state index contributed by atoms with van der Waals surface area (Å²) >= 11 is 0. The molecular formula is C15H18F3NO4. The number of benzene rings is 1. The Kier molecular flexibility index (Phi) is 5.10. The van der Waals surface area contributed by atoms with Crippen molar-refractivity contribution in [2.75, 3.05) is 0 Å². The van der Waals surface area contributed by atoms with E-state index in [-0.39, 0.29) is 6.07 Å². The number of hydrogen-bond donors (Lipinski definition) is 2. The molecule has 1 aromatic rings. The van der Waals surface area contributed by atoms with Gasteiger partial charge in [0.1, 0.15) is 11.4 Å². The van der Waals surface area contributed by atoms with E-state index in [2.05, 4.69) is 0 Å². The van der Waals surface area contributed by atoms with Gasteiger partial charge in [-0.15, -0.1) is 0 Å². The van der Waals surface area contributed by atoms with Crippen molar-refractivity contribution in [1.29, 1.82) is 0 Å². The fourth-order valence-corrected chi connectivity index (χ4v) is 1.95. The summed E-state index contributed by atoms with van der Waals surface area (Å²) in [6, 6.07) is 0.511. The lowest BCUT2D eigenvalue weighted by Crippen LogP contribution is -2.54. The fraction of sp³-hybridized carbons (Fsp3) is 0.467. The minimum absolute atomic E-state index is 0.178. The SMILES string of the molecule is CC(C(=O)OC(C)(C)C)[C@](N)(C(=O)O)c1cc(F)c(F)cc1F. The van der Waals surface area contributed by atoms with Crippen LogP contribution in [0.4, 0.5) is 13.2 Å². The van der Waals surface area contributed by atoms with Gasteiger partial charge in [-0.3, -0.25) is 4.79 Å². The maximum Gasteiger partial charge on any atom is 0.329 e. The smallest absolute Gasteiger partial charge is 0.329 e. The quantitative estimate of drug-likeness (QED) is 0.652. The van der Waals surface area contributed by atoms with Crippen LogP contribution in [-0.4, -0.2) is 22.6 Å². The molecule has 128 valence electrons. The highest BCUT2D eigenvalue weighted by atomic mass is 19.2. The molecule has 0 aliphatic carbocycles. The summed E-state index contributed by atoms with van der Waals surface area (Å²) in [5, 5.41) is 9.37. The second-order valence-electron chi connectivity index (χ2n) is 6.18. The number of carbonyl (C=O) groups is 2. The third kappa shape index (κ3) is 3.82. The molecule has 0 radical (unpaired) electrons. The number of esters is 1. The van der Waals surface area contributed by atoms with Crippen molar-refractivity contribution in [2.24, 2.45) is 11.7 Å². The highest BCUT2D eigenvalue weighted by molar-refractivity contribution is 5.88. The van der Waals surface area contributed by atoms with Crippen molar-refractivity contribution in [3.05, 3.63) is 35.1 Å². The van der Waals surface area contributed by atoms with Gasteiger partial charge < -0.3 is 15.6 Å². The number of hydrogen-bond acceptors (Lipinski definition) is 4. The average Bonchev–Trinajstić information content (AvgIpc) is 2.38. The average molecular weight is 333 g/mol. The second kappa shape index (κ2) is 6.19. The lowest BCUT2D eigenvalue weighted by Gasteiger charge is -2.32. The summed E-state index contributed by atoms with van der Waals surface area (Å²) in [6.45, 7) is 5.76. The van der Waals surface area contributed by atoms with E-state index in [1.165, 1.54) is 0 Å². The van der Waals surface area contributed by atoms with Crippen LogP contribution in [0.5, 0.6) is 0 Å². The van der Waals surface area contributed by atoms with Gasteiger partial charge in [-0.2, -0.15) is 0 Å². The number of carbonyl (C=O) groups excluding carboxylic acids is 1. The van der Waals surface area contributed by atoms with Gasteiger partial charge in [-0.05, 0) is 33.8 Å². The van der Waals surface area contributed by atoms with Crippen LogP contribution in [0.25, 0.3) is 0 Å². The summed E-state index contributed by atoms with van der Waals surface area (Å²) in [5.74, 6) is -8.69. The monoisotopic (exact) mass is 333 g/mol. The predicted octanol–water partition coefficient (Wildman–Crippen LogP) is 2.32. The van der Waals surface area contributed by atoms with Crippen molar-refractivity contribution in [3.8, 4) is 0 Å². The molecule has 0 fully saturated rings. The molecule has 1 rings (SSSR count). The van der Waals surface area contributed by atoms with Gasteiger partial charge in [0, 0.05) is 11.6 Å². The number of halogens is 3. The summed E-state index contributed by atoms with van der Waals surface area (Å²) in [7, 11) is 0. The van der Waals surface area contributed by atoms with Crippen molar-refractivity contribution in [1.82, 2.24) is 0 Å². The first-order valence-corrected chi connectivity index (χ1v) is 6.71. The first-order chi connectivity index (χ1) is 10.3. The molecule has 1 aromatic carbocycles. The van der Waals surface area contributed by atoms with Crippen LogP contribution in [0.1, 0.15) is 33.3 Å². The van der Waals surface area contributed by atoms with Crippen LogP contribution in [-0.2, 0) is 19.9 Å². The third-order valence-corrected chi connectivity index (χ3v) is 3.25. The molecule has 0 aliphatic rings. The maximum absolute atomic E-state index is 13.9. The first-order valence-electron chi connectivity index (χ1n) is 6.71. The first kappa shape index (κ1) is 19.0. The summed E-state index contributed by atoms with van der Waals surface area (Å²) in [5.41, 5.74) is 1.31. The molecule has 1 unspecified atom stereocenters. The van der Waals surface area contributed by atoms with E-state index >= 15 is 0 Å². The highest BCUT2D eigenvalue weighted by Gasteiger charge is 2.49. The van der Waals surface area contributed by atoms with Crippen LogP contribution >= 0.6 is 0 Å². The number of carboxylic acid groups (broad SMARTS) is 1. The summed E-state index contributed by atoms with van der Waals surface area (Å²) in [4.78, 5) is 23.7. The third-order valence-electron chi connectivity index (χ3n) is 3.25. The van der Waals surface area contributed by atoms with Gasteiger partial charge in [0.25, 0.3) is 0 Å². The van der Waals surface area contributed by atoms with Crippen molar-refractivity contribution < 1.29 is 32.6 Å². The van der Waals surface area contributed by atoms with E-state index in [4.69, 9.17) is 10.5 Å². The van der Waals surface area contributed by atoms with Crippen LogP contribution in [0.3, 0.4) is 0 Å². The fourth-order valence-electron chi connectivity index (χ4n) is 1.95. The summed E-state index contributed by atoms with van der Waals surface area (Å²) in [6.07, 6.45) is 0. The van der Waals surface area contributed by atoms with E-state index < -0.39 is 52.0 Å². The van der Waals surface area contributed by atoms with E-state index in [1.54, 1.807) is 20.8 Å². The summed E-state index contributed by atoms with van der Waals surface area (Å²) < 4.78 is 45.4. The zero-order valence-electron chi connectivity index (χ0n) is 13.1. The molecule has 5 nitrogen and oxygen atoms in total. The van der Waals surface area contributed by atoms with Crippen LogP contribution < -0.4 is 5.73 Å². The van der Waals surface area contributed by atoms with Gasteiger partial charge in [0.05, 0.1) is 5.92 Å². The molecule has 0 bridgehead atoms. The number of carboxylic acids is 1. The van der Waals surface area contributed by atoms with Gasteiger partial charge in [-0.25, -0.2) is 18.0 Å². The van der Waals surface area contributed by atoms with Gasteiger partial charge in [0.2, 0.25) is 0 Å². The Bertz CT molecular complexity index is 642. The lowest BCUT2D eigenvalue weighted by atomic mass is 9.79. The molecule has 23 heavy (non-hydrogen) atoms. The number of aliphatic carboxylic acids is 1. The zero-order valence-corrected chi connectivity index (χ0v) is 13.1. The van der Waals surface area contributed by atoms with E-state index in [1.807, 2.05) is 0 Å². The van der Waals surface area contributed by atoms with Gasteiger partial charge in [0.15, 0.2) is 17.2 Å². The Balaban J connectivity index is 3.41. The Labute approximate surface area is 131 Å². The molecule has 0 amide bonds. The minimum Gasteiger partial charge on any atom is -0.480 e. The zero-order chi connectivity index (χ0) is 18.2. The predicted molar refractivity (Wildman–Crippen MR) is 74.8 cm³/mol. The molecular weight excluding hydrogens is 315 g/mol.